The number of rotatable bonds is 5. The van der Waals surface area contributed by atoms with Gasteiger partial charge in [0.15, 0.2) is 0 Å². The van der Waals surface area contributed by atoms with E-state index in [4.69, 9.17) is 0 Å². The average Bonchev–Trinajstić information content (AvgIpc) is 2.80. The topological polar surface area (TPSA) is 49.4 Å². The highest BCUT2D eigenvalue weighted by molar-refractivity contribution is 5.94. The second kappa shape index (κ2) is 7.49. The number of benzene rings is 1. The van der Waals surface area contributed by atoms with Crippen molar-refractivity contribution in [2.24, 2.45) is 0 Å². The third-order valence-corrected chi connectivity index (χ3v) is 3.52. The number of hydrogen-bond acceptors (Lipinski definition) is 2. The van der Waals surface area contributed by atoms with E-state index in [9.17, 15) is 9.59 Å². The van der Waals surface area contributed by atoms with Crippen molar-refractivity contribution in [3.63, 3.8) is 0 Å². The first-order valence-electron chi connectivity index (χ1n) is 7.24. The summed E-state index contributed by atoms with van der Waals surface area (Å²) in [5.74, 6) is 4.80. The molecule has 4 nitrogen and oxygen atoms in total. The van der Waals surface area contributed by atoms with Gasteiger partial charge in [-0.15, -0.1) is 0 Å². The smallest absolute Gasteiger partial charge is 0.296 e. The Morgan fingerprint density at radius 1 is 1.38 bits per heavy atom. The predicted octanol–water partition coefficient (Wildman–Crippen LogP) is 1.36. The fraction of sp³-hybridized carbons (Fsp3) is 0.412. The van der Waals surface area contributed by atoms with Gasteiger partial charge in [0, 0.05) is 19.5 Å². The molecule has 2 amide bonds. The molecule has 0 aliphatic carbocycles. The van der Waals surface area contributed by atoms with Crippen molar-refractivity contribution in [1.29, 1.82) is 0 Å². The Bertz CT molecular complexity index is 557. The summed E-state index contributed by atoms with van der Waals surface area (Å²) in [6.45, 7) is 2.94. The summed E-state index contributed by atoms with van der Waals surface area (Å²) in [6, 6.07) is 10.1. The largest absolute Gasteiger partial charge is 0.341 e. The normalized spacial score (nSPS) is 17.3. The molecule has 4 heteroatoms. The Morgan fingerprint density at radius 2 is 2.14 bits per heavy atom. The quantitative estimate of drug-likeness (QED) is 0.830. The number of nitrogens with zero attached hydrogens (tertiary/aromatic N) is 1. The molecular weight excluding hydrogens is 264 g/mol. The van der Waals surface area contributed by atoms with E-state index in [0.717, 1.165) is 19.4 Å². The van der Waals surface area contributed by atoms with Crippen LogP contribution in [0.25, 0.3) is 0 Å². The predicted molar refractivity (Wildman–Crippen MR) is 81.3 cm³/mol. The molecule has 21 heavy (non-hydrogen) atoms. The molecule has 0 unspecified atom stereocenters. The number of aryl methyl sites for hydroxylation is 1. The highest BCUT2D eigenvalue weighted by Crippen LogP contribution is 2.12. The molecule has 1 aliphatic rings. The Labute approximate surface area is 125 Å². The van der Waals surface area contributed by atoms with Crippen molar-refractivity contribution >= 4 is 11.8 Å². The molecule has 1 atom stereocenters. The van der Waals surface area contributed by atoms with Gasteiger partial charge in [0.1, 0.15) is 0 Å². The molecule has 0 bridgehead atoms. The minimum atomic E-state index is -0.304. The molecule has 110 valence electrons. The standard InChI is InChI=1S/C17H20N2O2/c1-2-7-16(20)18-15-12-17(21)19(13-15)11-6-10-14-8-4-3-5-9-14/h3-5,8-9,15H,6,10-13H2,1H3,(H,18,20)/t15-/m1/s1. The van der Waals surface area contributed by atoms with Gasteiger partial charge in [-0.2, -0.15) is 0 Å². The molecule has 1 aromatic carbocycles. The monoisotopic (exact) mass is 284 g/mol. The summed E-state index contributed by atoms with van der Waals surface area (Å²) >= 11 is 0. The maximum absolute atomic E-state index is 11.9. The second-order valence-electron chi connectivity index (χ2n) is 5.18. The Hall–Kier alpha value is -2.28. The number of nitrogens with one attached hydrogen (secondary N) is 1. The van der Waals surface area contributed by atoms with Crippen LogP contribution >= 0.6 is 0 Å². The lowest BCUT2D eigenvalue weighted by molar-refractivity contribution is -0.127. The van der Waals surface area contributed by atoms with Crippen molar-refractivity contribution in [2.75, 3.05) is 13.1 Å². The van der Waals surface area contributed by atoms with Crippen LogP contribution in [-0.2, 0) is 16.0 Å². The molecule has 0 aromatic heterocycles. The maximum atomic E-state index is 11.9. The fourth-order valence-corrected chi connectivity index (χ4v) is 2.54. The highest BCUT2D eigenvalue weighted by atomic mass is 16.2. The van der Waals surface area contributed by atoms with Crippen LogP contribution in [0.3, 0.4) is 0 Å². The SMILES string of the molecule is CC#CC(=O)N[C@@H]1CC(=O)N(CCCc2ccccc2)C1. The van der Waals surface area contributed by atoms with Crippen LogP contribution in [0.1, 0.15) is 25.3 Å². The van der Waals surface area contributed by atoms with Gasteiger partial charge in [0.25, 0.3) is 5.91 Å². The molecule has 1 aliphatic heterocycles. The van der Waals surface area contributed by atoms with Crippen molar-refractivity contribution in [3.05, 3.63) is 35.9 Å². The zero-order valence-electron chi connectivity index (χ0n) is 12.3. The summed E-state index contributed by atoms with van der Waals surface area (Å²) in [4.78, 5) is 25.1. The van der Waals surface area contributed by atoms with Gasteiger partial charge in [0.05, 0.1) is 6.04 Å². The van der Waals surface area contributed by atoms with E-state index in [1.54, 1.807) is 6.92 Å². The third-order valence-electron chi connectivity index (χ3n) is 3.52. The summed E-state index contributed by atoms with van der Waals surface area (Å²) < 4.78 is 0. The van der Waals surface area contributed by atoms with E-state index < -0.39 is 0 Å². The molecule has 2 rings (SSSR count). The zero-order valence-corrected chi connectivity index (χ0v) is 12.3. The number of amides is 2. The highest BCUT2D eigenvalue weighted by Gasteiger charge is 2.29. The van der Waals surface area contributed by atoms with Gasteiger partial charge in [-0.3, -0.25) is 9.59 Å². The molecule has 1 fully saturated rings. The molecule has 1 aromatic rings. The van der Waals surface area contributed by atoms with Gasteiger partial charge >= 0.3 is 0 Å². The van der Waals surface area contributed by atoms with E-state index in [0.29, 0.717) is 13.0 Å². The van der Waals surface area contributed by atoms with Gasteiger partial charge in [-0.1, -0.05) is 36.3 Å². The van der Waals surface area contributed by atoms with Crippen molar-refractivity contribution in [3.8, 4) is 11.8 Å². The molecule has 0 saturated carbocycles. The van der Waals surface area contributed by atoms with E-state index in [1.165, 1.54) is 5.56 Å². The Kier molecular flexibility index (Phi) is 5.39. The van der Waals surface area contributed by atoms with Gasteiger partial charge < -0.3 is 10.2 Å². The molecule has 0 radical (unpaired) electrons. The van der Waals surface area contributed by atoms with Crippen LogP contribution in [0.15, 0.2) is 30.3 Å². The van der Waals surface area contributed by atoms with Gasteiger partial charge in [-0.25, -0.2) is 0 Å². The summed E-state index contributed by atoms with van der Waals surface area (Å²) in [5.41, 5.74) is 1.28. The van der Waals surface area contributed by atoms with E-state index in [2.05, 4.69) is 29.3 Å². The lowest BCUT2D eigenvalue weighted by atomic mass is 10.1. The third kappa shape index (κ3) is 4.64. The van der Waals surface area contributed by atoms with Crippen molar-refractivity contribution < 1.29 is 9.59 Å². The zero-order chi connectivity index (χ0) is 15.1. The maximum Gasteiger partial charge on any atom is 0.296 e. The molecule has 1 N–H and O–H groups in total. The lowest BCUT2D eigenvalue weighted by Crippen LogP contribution is -2.36. The van der Waals surface area contributed by atoms with Crippen LogP contribution in [0, 0.1) is 11.8 Å². The van der Waals surface area contributed by atoms with E-state index in [1.807, 2.05) is 23.1 Å². The summed E-state index contributed by atoms with van der Waals surface area (Å²) in [7, 11) is 0. The van der Waals surface area contributed by atoms with Crippen LogP contribution in [0.5, 0.6) is 0 Å². The van der Waals surface area contributed by atoms with Crippen LogP contribution in [0.4, 0.5) is 0 Å². The second-order valence-corrected chi connectivity index (χ2v) is 5.18. The van der Waals surface area contributed by atoms with Gasteiger partial charge in [-0.05, 0) is 31.2 Å². The molecule has 1 saturated heterocycles. The fourth-order valence-electron chi connectivity index (χ4n) is 2.54. The average molecular weight is 284 g/mol. The number of likely N-dealkylation sites (tertiary alicyclic amines) is 1. The van der Waals surface area contributed by atoms with E-state index >= 15 is 0 Å². The first kappa shape index (κ1) is 15.1. The minimum absolute atomic E-state index is 0.109. The lowest BCUT2D eigenvalue weighted by Gasteiger charge is -2.16. The summed E-state index contributed by atoms with van der Waals surface area (Å²) in [6.07, 6.45) is 2.27. The van der Waals surface area contributed by atoms with Crippen LogP contribution in [-0.4, -0.2) is 35.8 Å². The van der Waals surface area contributed by atoms with Crippen molar-refractivity contribution in [1.82, 2.24) is 10.2 Å². The molecule has 0 spiro atoms. The Balaban J connectivity index is 1.75. The van der Waals surface area contributed by atoms with Crippen LogP contribution < -0.4 is 5.32 Å². The van der Waals surface area contributed by atoms with Gasteiger partial charge in [0.2, 0.25) is 5.91 Å². The minimum Gasteiger partial charge on any atom is -0.341 e. The first-order valence-corrected chi connectivity index (χ1v) is 7.24. The Morgan fingerprint density at radius 3 is 2.86 bits per heavy atom. The first-order chi connectivity index (χ1) is 10.2. The van der Waals surface area contributed by atoms with Crippen LogP contribution in [0.2, 0.25) is 0 Å². The number of carbonyl (C=O) groups is 2. The van der Waals surface area contributed by atoms with E-state index in [-0.39, 0.29) is 17.9 Å². The number of hydrogen-bond donors (Lipinski definition) is 1. The summed E-state index contributed by atoms with van der Waals surface area (Å²) in [5, 5.41) is 2.77. The number of carbonyl (C=O) groups excluding carboxylic acids is 2. The molecular formula is C17H20N2O2. The molecule has 1 heterocycles. The van der Waals surface area contributed by atoms with Crippen molar-refractivity contribution in [2.45, 2.75) is 32.2 Å².